The molecule has 0 saturated heterocycles. The molecule has 1 amide bonds. The highest BCUT2D eigenvalue weighted by atomic mass is 16.5. The van der Waals surface area contributed by atoms with E-state index in [4.69, 9.17) is 4.74 Å². The largest absolute Gasteiger partial charge is 0.465 e. The molecule has 0 aromatic heterocycles. The summed E-state index contributed by atoms with van der Waals surface area (Å²) in [6, 6.07) is 23.8. The molecule has 0 aliphatic carbocycles. The topological polar surface area (TPSA) is 124 Å². The second-order valence-electron chi connectivity index (χ2n) is 11.6. The third-order valence-corrected chi connectivity index (χ3v) is 7.89. The van der Waals surface area contributed by atoms with Gasteiger partial charge in [-0.25, -0.2) is 4.79 Å². The van der Waals surface area contributed by atoms with Crippen LogP contribution in [-0.2, 0) is 36.8 Å². The van der Waals surface area contributed by atoms with Gasteiger partial charge >= 0.3 is 5.97 Å². The highest BCUT2D eigenvalue weighted by Gasteiger charge is 2.32. The molecule has 3 aromatic carbocycles. The molecule has 1 N–H and O–H groups in total. The normalized spacial score (nSPS) is 12.9. The summed E-state index contributed by atoms with van der Waals surface area (Å²) in [7, 11) is 1.28. The van der Waals surface area contributed by atoms with Crippen molar-refractivity contribution in [1.29, 1.82) is 0 Å². The number of hydrogen-bond acceptors (Lipinski definition) is 7. The van der Waals surface area contributed by atoms with Crippen LogP contribution in [0.4, 0.5) is 0 Å². The fourth-order valence-corrected chi connectivity index (χ4v) is 5.12. The Morgan fingerprint density at radius 3 is 1.96 bits per heavy atom. The molecule has 3 atom stereocenters. The average molecular weight is 612 g/mol. The zero-order chi connectivity index (χ0) is 32.9. The molecule has 3 rings (SSSR count). The molecule has 8 nitrogen and oxygen atoms in total. The summed E-state index contributed by atoms with van der Waals surface area (Å²) >= 11 is 0. The first-order valence-corrected chi connectivity index (χ1v) is 15.2. The van der Waals surface area contributed by atoms with Crippen molar-refractivity contribution in [3.05, 3.63) is 107 Å². The third-order valence-electron chi connectivity index (χ3n) is 7.89. The van der Waals surface area contributed by atoms with Gasteiger partial charge in [0.1, 0.15) is 0 Å². The van der Waals surface area contributed by atoms with Gasteiger partial charge in [-0.15, -0.1) is 0 Å². The van der Waals surface area contributed by atoms with Crippen molar-refractivity contribution in [2.24, 2.45) is 17.8 Å². The van der Waals surface area contributed by atoms with Gasteiger partial charge in [-0.3, -0.25) is 24.0 Å². The molecule has 3 aromatic rings. The number of benzene rings is 3. The maximum Gasteiger partial charge on any atom is 0.337 e. The lowest BCUT2D eigenvalue weighted by molar-refractivity contribution is -0.141. The number of nitrogens with one attached hydrogen (secondary N) is 1. The first-order chi connectivity index (χ1) is 21.5. The molecule has 0 fully saturated rings. The Kier molecular flexibility index (Phi) is 13.1. The lowest BCUT2D eigenvalue weighted by Gasteiger charge is -2.23. The van der Waals surface area contributed by atoms with E-state index in [1.165, 1.54) is 7.11 Å². The molecule has 0 aliphatic heterocycles. The van der Waals surface area contributed by atoms with Crippen LogP contribution in [0.2, 0.25) is 0 Å². The van der Waals surface area contributed by atoms with Crippen molar-refractivity contribution in [3.8, 4) is 0 Å². The first kappa shape index (κ1) is 34.8. The minimum Gasteiger partial charge on any atom is -0.465 e. The van der Waals surface area contributed by atoms with Crippen molar-refractivity contribution < 1.29 is 33.5 Å². The number of rotatable bonds is 17. The number of esters is 1. The number of carbonyl (C=O) groups is 6. The number of Topliss-reactive ketones (excluding diaryl/α,β-unsaturated/α-hetero) is 4. The Labute approximate surface area is 264 Å². The molecule has 0 unspecified atom stereocenters. The lowest BCUT2D eigenvalue weighted by atomic mass is 9.83. The quantitative estimate of drug-likeness (QED) is 0.123. The Morgan fingerprint density at radius 1 is 0.733 bits per heavy atom. The van der Waals surface area contributed by atoms with Crippen LogP contribution in [0.25, 0.3) is 0 Å². The molecule has 0 saturated carbocycles. The van der Waals surface area contributed by atoms with Crippen molar-refractivity contribution in [3.63, 3.8) is 0 Å². The zero-order valence-corrected chi connectivity index (χ0v) is 26.3. The van der Waals surface area contributed by atoms with Gasteiger partial charge in [0.05, 0.1) is 18.7 Å². The minimum absolute atomic E-state index is 0.0319. The Balaban J connectivity index is 1.64. The molecule has 0 heterocycles. The lowest BCUT2D eigenvalue weighted by Crippen LogP contribution is -2.44. The van der Waals surface area contributed by atoms with E-state index in [0.29, 0.717) is 23.1 Å². The number of amides is 1. The van der Waals surface area contributed by atoms with Gasteiger partial charge < -0.3 is 10.1 Å². The smallest absolute Gasteiger partial charge is 0.337 e. The van der Waals surface area contributed by atoms with Crippen molar-refractivity contribution >= 4 is 35.0 Å². The SMILES string of the molecule is COC(=O)c1cccc(CCC(=O)C(=O)[C@@H](CC(=O)[C@H](C)NC(=O)[C@@H](CC(=O)c2ccccc2)Cc2ccccc2)C(C)C)c1. The van der Waals surface area contributed by atoms with Gasteiger partial charge in [0.15, 0.2) is 17.3 Å². The predicted molar refractivity (Wildman–Crippen MR) is 171 cm³/mol. The minimum atomic E-state index is -0.923. The second kappa shape index (κ2) is 16.9. The van der Waals surface area contributed by atoms with Crippen LogP contribution >= 0.6 is 0 Å². The first-order valence-electron chi connectivity index (χ1n) is 15.2. The average Bonchev–Trinajstić information content (AvgIpc) is 3.05. The van der Waals surface area contributed by atoms with Crippen LogP contribution in [0.1, 0.15) is 71.9 Å². The summed E-state index contributed by atoms with van der Waals surface area (Å²) in [5, 5.41) is 2.76. The Morgan fingerprint density at radius 2 is 1.33 bits per heavy atom. The predicted octanol–water partition coefficient (Wildman–Crippen LogP) is 5.41. The van der Waals surface area contributed by atoms with Crippen LogP contribution < -0.4 is 5.32 Å². The number of methoxy groups -OCH3 is 1. The standard InChI is InChI=1S/C37H41NO7/c1-24(2)31(35(42)32(39)19-18-27-14-11-17-29(20-27)37(44)45-4)23-33(40)25(3)38-36(43)30(21-26-12-7-5-8-13-26)22-34(41)28-15-9-6-10-16-28/h5-17,20,24-25,30-31H,18-19,21-23H2,1-4H3,(H,38,43)/t25-,30+,31-/m0/s1. The fourth-order valence-electron chi connectivity index (χ4n) is 5.12. The van der Waals surface area contributed by atoms with E-state index >= 15 is 0 Å². The van der Waals surface area contributed by atoms with E-state index in [-0.39, 0.29) is 43.2 Å². The van der Waals surface area contributed by atoms with E-state index in [1.807, 2.05) is 36.4 Å². The van der Waals surface area contributed by atoms with Crippen molar-refractivity contribution in [2.45, 2.75) is 58.9 Å². The van der Waals surface area contributed by atoms with Gasteiger partial charge in [-0.1, -0.05) is 86.6 Å². The maximum atomic E-state index is 13.4. The molecule has 0 spiro atoms. The summed E-state index contributed by atoms with van der Waals surface area (Å²) in [6.45, 7) is 5.10. The van der Waals surface area contributed by atoms with E-state index in [0.717, 1.165) is 5.56 Å². The summed E-state index contributed by atoms with van der Waals surface area (Å²) in [5.41, 5.74) is 2.46. The van der Waals surface area contributed by atoms with Crippen LogP contribution in [0.15, 0.2) is 84.9 Å². The van der Waals surface area contributed by atoms with E-state index < -0.39 is 41.3 Å². The molecule has 8 heteroatoms. The number of ether oxygens (including phenoxy) is 1. The van der Waals surface area contributed by atoms with Crippen LogP contribution in [0.3, 0.4) is 0 Å². The number of aryl methyl sites for hydroxylation is 1. The van der Waals surface area contributed by atoms with Gasteiger partial charge in [-0.2, -0.15) is 0 Å². The maximum absolute atomic E-state index is 13.4. The Hall–Kier alpha value is -4.72. The molecule has 0 bridgehead atoms. The summed E-state index contributed by atoms with van der Waals surface area (Å²) in [6.07, 6.45) is 0.273. The highest BCUT2D eigenvalue weighted by Crippen LogP contribution is 2.21. The van der Waals surface area contributed by atoms with E-state index in [2.05, 4.69) is 5.32 Å². The van der Waals surface area contributed by atoms with Crippen molar-refractivity contribution in [1.82, 2.24) is 5.32 Å². The number of ketones is 4. The monoisotopic (exact) mass is 611 g/mol. The number of hydrogen-bond donors (Lipinski definition) is 1. The molecule has 45 heavy (non-hydrogen) atoms. The highest BCUT2D eigenvalue weighted by molar-refractivity contribution is 6.38. The molecular formula is C37H41NO7. The van der Waals surface area contributed by atoms with E-state index in [1.54, 1.807) is 69.3 Å². The molecule has 236 valence electrons. The van der Waals surface area contributed by atoms with E-state index in [9.17, 15) is 28.8 Å². The van der Waals surface area contributed by atoms with Crippen LogP contribution in [0.5, 0.6) is 0 Å². The van der Waals surface area contributed by atoms with Crippen LogP contribution in [-0.4, -0.2) is 48.2 Å². The fraction of sp³-hybridized carbons (Fsp3) is 0.351. The second-order valence-corrected chi connectivity index (χ2v) is 11.6. The Bertz CT molecular complexity index is 1500. The van der Waals surface area contributed by atoms with Gasteiger partial charge in [0, 0.05) is 36.7 Å². The van der Waals surface area contributed by atoms with Crippen LogP contribution in [0, 0.1) is 17.8 Å². The molecular weight excluding hydrogens is 570 g/mol. The third kappa shape index (κ3) is 10.4. The number of carbonyl (C=O) groups excluding carboxylic acids is 6. The van der Waals surface area contributed by atoms with Crippen molar-refractivity contribution in [2.75, 3.05) is 7.11 Å². The summed E-state index contributed by atoms with van der Waals surface area (Å²) < 4.78 is 4.73. The van der Waals surface area contributed by atoms with Gasteiger partial charge in [0.25, 0.3) is 0 Å². The summed E-state index contributed by atoms with van der Waals surface area (Å²) in [4.78, 5) is 77.6. The zero-order valence-electron chi connectivity index (χ0n) is 26.3. The van der Waals surface area contributed by atoms with Gasteiger partial charge in [0.2, 0.25) is 11.7 Å². The molecule has 0 aliphatic rings. The molecule has 0 radical (unpaired) electrons. The van der Waals surface area contributed by atoms with Gasteiger partial charge in [-0.05, 0) is 48.9 Å². The summed E-state index contributed by atoms with van der Waals surface area (Å²) in [5.74, 6) is -4.53.